The molecule has 0 aliphatic carbocycles. The highest BCUT2D eigenvalue weighted by Crippen LogP contribution is 2.29. The van der Waals surface area contributed by atoms with Gasteiger partial charge < -0.3 is 15.4 Å². The number of methoxy groups -OCH3 is 1. The van der Waals surface area contributed by atoms with E-state index < -0.39 is 5.91 Å². The number of hydrogen-bond donors (Lipinski definition) is 2. The molecule has 2 N–H and O–H groups in total. The molecule has 0 aliphatic rings. The van der Waals surface area contributed by atoms with Crippen molar-refractivity contribution in [1.82, 2.24) is 5.32 Å². The van der Waals surface area contributed by atoms with Gasteiger partial charge in [0, 0.05) is 26.5 Å². The average Bonchev–Trinajstić information content (AvgIpc) is 2.47. The molecule has 7 heteroatoms. The Balaban J connectivity index is 2.65. The number of anilines is 1. The van der Waals surface area contributed by atoms with Gasteiger partial charge in [-0.3, -0.25) is 4.79 Å². The summed E-state index contributed by atoms with van der Waals surface area (Å²) in [6.07, 6.45) is 2.14. The molecular formula is C14H15Cl2N3O2. The molecule has 0 fully saturated rings. The van der Waals surface area contributed by atoms with Gasteiger partial charge in [-0.15, -0.1) is 0 Å². The first-order valence-electron chi connectivity index (χ1n) is 6.18. The maximum absolute atomic E-state index is 12.0. The van der Waals surface area contributed by atoms with Crippen LogP contribution in [0.4, 0.5) is 5.69 Å². The van der Waals surface area contributed by atoms with E-state index in [4.69, 9.17) is 33.2 Å². The van der Waals surface area contributed by atoms with Gasteiger partial charge in [-0.25, -0.2) is 0 Å². The van der Waals surface area contributed by atoms with E-state index in [0.717, 1.165) is 6.42 Å². The third kappa shape index (κ3) is 5.64. The van der Waals surface area contributed by atoms with E-state index in [1.807, 2.05) is 6.07 Å². The molecule has 0 aliphatic heterocycles. The highest BCUT2D eigenvalue weighted by Gasteiger charge is 2.12. The second-order valence-corrected chi connectivity index (χ2v) is 4.81. The Bertz CT molecular complexity index is 568. The first kappa shape index (κ1) is 17.3. The van der Waals surface area contributed by atoms with Crippen molar-refractivity contribution in [2.75, 3.05) is 25.6 Å². The molecule has 0 radical (unpaired) electrons. The summed E-state index contributed by atoms with van der Waals surface area (Å²) in [4.78, 5) is 12.0. The number of rotatable bonds is 7. The first-order valence-corrected chi connectivity index (χ1v) is 6.93. The zero-order valence-corrected chi connectivity index (χ0v) is 13.0. The number of benzene rings is 1. The third-order valence-corrected chi connectivity index (χ3v) is 3.30. The predicted molar refractivity (Wildman–Crippen MR) is 83.3 cm³/mol. The minimum absolute atomic E-state index is 0.0524. The Labute approximate surface area is 133 Å². The molecule has 5 nitrogen and oxygen atoms in total. The van der Waals surface area contributed by atoms with Gasteiger partial charge in [0.05, 0.1) is 15.7 Å². The summed E-state index contributed by atoms with van der Waals surface area (Å²) in [6.45, 7) is 1.21. The number of nitriles is 1. The Hall–Kier alpha value is -1.74. The van der Waals surface area contributed by atoms with Crippen molar-refractivity contribution in [2.24, 2.45) is 0 Å². The van der Waals surface area contributed by atoms with Crippen LogP contribution in [0.5, 0.6) is 0 Å². The highest BCUT2D eigenvalue weighted by molar-refractivity contribution is 6.44. The Kier molecular flexibility index (Phi) is 7.62. The van der Waals surface area contributed by atoms with Crippen molar-refractivity contribution in [3.8, 4) is 6.07 Å². The number of nitrogens with one attached hydrogen (secondary N) is 2. The van der Waals surface area contributed by atoms with Gasteiger partial charge in [-0.05, 0) is 18.6 Å². The molecule has 21 heavy (non-hydrogen) atoms. The molecular weight excluding hydrogens is 313 g/mol. The molecule has 0 spiro atoms. The predicted octanol–water partition coefficient (Wildman–Crippen LogP) is 2.97. The summed E-state index contributed by atoms with van der Waals surface area (Å²) in [7, 11) is 1.61. The summed E-state index contributed by atoms with van der Waals surface area (Å²) >= 11 is 11.8. The molecule has 1 rings (SSSR count). The number of hydrogen-bond acceptors (Lipinski definition) is 4. The van der Waals surface area contributed by atoms with Crippen molar-refractivity contribution < 1.29 is 9.53 Å². The third-order valence-electron chi connectivity index (χ3n) is 2.48. The lowest BCUT2D eigenvalue weighted by Crippen LogP contribution is -2.18. The molecule has 0 aromatic heterocycles. The molecule has 0 heterocycles. The van der Waals surface area contributed by atoms with Crippen LogP contribution in [0.25, 0.3) is 0 Å². The van der Waals surface area contributed by atoms with Crippen molar-refractivity contribution in [3.63, 3.8) is 0 Å². The number of nitrogens with zero attached hydrogens (tertiary/aromatic N) is 1. The standard InChI is InChI=1S/C14H15Cl2N3O2/c1-21-7-3-6-18-9-10(8-17)14(20)19-12-5-2-4-11(15)13(12)16/h2,4-5,9,18H,3,6-7H2,1H3,(H,19,20)/b10-9-. The van der Waals surface area contributed by atoms with Gasteiger partial charge >= 0.3 is 0 Å². The lowest BCUT2D eigenvalue weighted by atomic mass is 10.2. The molecule has 0 bridgehead atoms. The fourth-order valence-corrected chi connectivity index (χ4v) is 1.78. The van der Waals surface area contributed by atoms with Crippen LogP contribution in [-0.4, -0.2) is 26.2 Å². The Morgan fingerprint density at radius 3 is 2.90 bits per heavy atom. The van der Waals surface area contributed by atoms with Crippen molar-refractivity contribution in [2.45, 2.75) is 6.42 Å². The maximum atomic E-state index is 12.0. The zero-order chi connectivity index (χ0) is 15.7. The van der Waals surface area contributed by atoms with Crippen LogP contribution in [0.2, 0.25) is 10.0 Å². The van der Waals surface area contributed by atoms with E-state index in [-0.39, 0.29) is 10.6 Å². The Morgan fingerprint density at radius 2 is 2.24 bits per heavy atom. The molecule has 1 aromatic carbocycles. The number of halogens is 2. The van der Waals surface area contributed by atoms with Crippen LogP contribution in [0.3, 0.4) is 0 Å². The van der Waals surface area contributed by atoms with Gasteiger partial charge in [-0.1, -0.05) is 29.3 Å². The van der Waals surface area contributed by atoms with Crippen LogP contribution in [0, 0.1) is 11.3 Å². The minimum atomic E-state index is -0.555. The smallest absolute Gasteiger partial charge is 0.267 e. The van der Waals surface area contributed by atoms with E-state index in [1.54, 1.807) is 25.3 Å². The van der Waals surface area contributed by atoms with E-state index in [0.29, 0.717) is 23.9 Å². The minimum Gasteiger partial charge on any atom is -0.390 e. The average molecular weight is 328 g/mol. The SMILES string of the molecule is COCCCN/C=C(/C#N)C(=O)Nc1cccc(Cl)c1Cl. The summed E-state index contributed by atoms with van der Waals surface area (Å²) in [6, 6.07) is 6.70. The lowest BCUT2D eigenvalue weighted by Gasteiger charge is -2.07. The second-order valence-electron chi connectivity index (χ2n) is 4.03. The number of carbonyl (C=O) groups is 1. The van der Waals surface area contributed by atoms with E-state index in [2.05, 4.69) is 10.6 Å². The normalized spacial score (nSPS) is 10.9. The number of ether oxygens (including phenoxy) is 1. The fourth-order valence-electron chi connectivity index (χ4n) is 1.43. The van der Waals surface area contributed by atoms with Crippen LogP contribution >= 0.6 is 23.2 Å². The molecule has 0 unspecified atom stereocenters. The van der Waals surface area contributed by atoms with E-state index in [9.17, 15) is 4.79 Å². The highest BCUT2D eigenvalue weighted by atomic mass is 35.5. The van der Waals surface area contributed by atoms with Gasteiger partial charge in [0.1, 0.15) is 11.6 Å². The fraction of sp³-hybridized carbons (Fsp3) is 0.286. The van der Waals surface area contributed by atoms with Gasteiger partial charge in [0.2, 0.25) is 0 Å². The second kappa shape index (κ2) is 9.24. The van der Waals surface area contributed by atoms with Gasteiger partial charge in [0.25, 0.3) is 5.91 Å². The molecule has 0 atom stereocenters. The van der Waals surface area contributed by atoms with Crippen LogP contribution in [-0.2, 0) is 9.53 Å². The van der Waals surface area contributed by atoms with Crippen LogP contribution < -0.4 is 10.6 Å². The molecule has 0 saturated heterocycles. The first-order chi connectivity index (χ1) is 10.1. The van der Waals surface area contributed by atoms with E-state index >= 15 is 0 Å². The Morgan fingerprint density at radius 1 is 1.48 bits per heavy atom. The molecule has 1 amide bonds. The maximum Gasteiger partial charge on any atom is 0.267 e. The monoisotopic (exact) mass is 327 g/mol. The van der Waals surface area contributed by atoms with Crippen molar-refractivity contribution in [1.29, 1.82) is 5.26 Å². The summed E-state index contributed by atoms with van der Waals surface area (Å²) in [5.41, 5.74) is 0.304. The van der Waals surface area contributed by atoms with E-state index in [1.165, 1.54) is 6.20 Å². The van der Waals surface area contributed by atoms with Gasteiger partial charge in [-0.2, -0.15) is 5.26 Å². The molecule has 112 valence electrons. The van der Waals surface area contributed by atoms with Crippen LogP contribution in [0.1, 0.15) is 6.42 Å². The van der Waals surface area contributed by atoms with Crippen molar-refractivity contribution in [3.05, 3.63) is 40.0 Å². The summed E-state index contributed by atoms with van der Waals surface area (Å²) in [5, 5.41) is 15.0. The topological polar surface area (TPSA) is 74.1 Å². The zero-order valence-electron chi connectivity index (χ0n) is 11.5. The number of amides is 1. The lowest BCUT2D eigenvalue weighted by molar-refractivity contribution is -0.112. The molecule has 1 aromatic rings. The summed E-state index contributed by atoms with van der Waals surface area (Å²) in [5.74, 6) is -0.555. The largest absolute Gasteiger partial charge is 0.390 e. The van der Waals surface area contributed by atoms with Crippen LogP contribution in [0.15, 0.2) is 30.0 Å². The van der Waals surface area contributed by atoms with Crippen molar-refractivity contribution >= 4 is 34.8 Å². The quantitative estimate of drug-likeness (QED) is 0.458. The number of carbonyl (C=O) groups excluding carboxylic acids is 1. The molecule has 0 saturated carbocycles. The van der Waals surface area contributed by atoms with Gasteiger partial charge in [0.15, 0.2) is 0 Å². The summed E-state index contributed by atoms with van der Waals surface area (Å²) < 4.78 is 4.89.